The highest BCUT2D eigenvalue weighted by Gasteiger charge is 2.24. The number of hydrogen-bond donors (Lipinski definition) is 0. The third kappa shape index (κ3) is 2.47. The van der Waals surface area contributed by atoms with Gasteiger partial charge >= 0.3 is 5.97 Å². The summed E-state index contributed by atoms with van der Waals surface area (Å²) in [4.78, 5) is 10.7. The Morgan fingerprint density at radius 2 is 2.27 bits per heavy atom. The lowest BCUT2D eigenvalue weighted by molar-refractivity contribution is -0.145. The molecule has 1 aliphatic rings. The number of rotatable bonds is 3. The van der Waals surface area contributed by atoms with Crippen molar-refractivity contribution in [3.05, 3.63) is 29.8 Å². The summed E-state index contributed by atoms with van der Waals surface area (Å²) < 4.78 is 15.3. The van der Waals surface area contributed by atoms with E-state index in [4.69, 9.17) is 14.2 Å². The van der Waals surface area contributed by atoms with Crippen LogP contribution in [0.2, 0.25) is 0 Å². The second-order valence-electron chi connectivity index (χ2n) is 3.31. The van der Waals surface area contributed by atoms with Crippen molar-refractivity contribution in [3.8, 4) is 5.75 Å². The minimum atomic E-state index is -0.572. The number of para-hydroxylation sites is 1. The van der Waals surface area contributed by atoms with E-state index in [0.717, 1.165) is 11.3 Å². The zero-order valence-electron chi connectivity index (χ0n) is 8.43. The molecule has 1 saturated heterocycles. The minimum absolute atomic E-state index is 0.0157. The SMILES string of the molecule is Cc1ccccc1OCC1OCC(=O)O1. The summed E-state index contributed by atoms with van der Waals surface area (Å²) in [6, 6.07) is 7.65. The van der Waals surface area contributed by atoms with E-state index < -0.39 is 6.29 Å². The molecule has 0 aromatic heterocycles. The summed E-state index contributed by atoms with van der Waals surface area (Å²) in [5, 5.41) is 0. The van der Waals surface area contributed by atoms with E-state index in [9.17, 15) is 4.79 Å². The molecule has 0 spiro atoms. The summed E-state index contributed by atoms with van der Waals surface area (Å²) in [5.41, 5.74) is 1.04. The zero-order chi connectivity index (χ0) is 10.7. The van der Waals surface area contributed by atoms with Gasteiger partial charge in [-0.2, -0.15) is 0 Å². The highest BCUT2D eigenvalue weighted by molar-refractivity contribution is 5.72. The highest BCUT2D eigenvalue weighted by atomic mass is 16.8. The van der Waals surface area contributed by atoms with Gasteiger partial charge in [0.2, 0.25) is 6.29 Å². The predicted molar refractivity (Wildman–Crippen MR) is 52.5 cm³/mol. The van der Waals surface area contributed by atoms with Gasteiger partial charge in [-0.1, -0.05) is 18.2 Å². The van der Waals surface area contributed by atoms with E-state index in [-0.39, 0.29) is 19.2 Å². The monoisotopic (exact) mass is 208 g/mol. The van der Waals surface area contributed by atoms with Crippen LogP contribution in [0, 0.1) is 6.92 Å². The first-order valence-corrected chi connectivity index (χ1v) is 4.75. The molecular formula is C11H12O4. The molecule has 0 N–H and O–H groups in total. The number of esters is 1. The molecule has 1 aliphatic heterocycles. The van der Waals surface area contributed by atoms with Gasteiger partial charge in [-0.3, -0.25) is 0 Å². The number of carbonyl (C=O) groups is 1. The van der Waals surface area contributed by atoms with Crippen molar-refractivity contribution in [2.24, 2.45) is 0 Å². The van der Waals surface area contributed by atoms with Crippen molar-refractivity contribution < 1.29 is 19.0 Å². The number of cyclic esters (lactones) is 1. The number of carbonyl (C=O) groups excluding carboxylic acids is 1. The molecule has 1 aromatic rings. The molecule has 1 aromatic carbocycles. The average Bonchev–Trinajstić information content (AvgIpc) is 2.63. The van der Waals surface area contributed by atoms with Gasteiger partial charge in [0.1, 0.15) is 12.4 Å². The van der Waals surface area contributed by atoms with Crippen LogP contribution in [0.15, 0.2) is 24.3 Å². The molecule has 80 valence electrons. The molecule has 0 saturated carbocycles. The van der Waals surface area contributed by atoms with Gasteiger partial charge in [-0.05, 0) is 18.6 Å². The Labute approximate surface area is 87.8 Å². The van der Waals surface area contributed by atoms with Crippen LogP contribution in [0.25, 0.3) is 0 Å². The second-order valence-corrected chi connectivity index (χ2v) is 3.31. The summed E-state index contributed by atoms with van der Waals surface area (Å²) in [6.07, 6.45) is -0.572. The number of ether oxygens (including phenoxy) is 3. The van der Waals surface area contributed by atoms with Crippen molar-refractivity contribution in [1.82, 2.24) is 0 Å². The second kappa shape index (κ2) is 4.31. The lowest BCUT2D eigenvalue weighted by Crippen LogP contribution is -2.19. The molecule has 1 atom stereocenters. The molecular weight excluding hydrogens is 196 g/mol. The maximum absolute atomic E-state index is 10.7. The van der Waals surface area contributed by atoms with Gasteiger partial charge in [0.15, 0.2) is 6.61 Å². The van der Waals surface area contributed by atoms with Gasteiger partial charge < -0.3 is 14.2 Å². The van der Waals surface area contributed by atoms with Crippen LogP contribution in [0.3, 0.4) is 0 Å². The Hall–Kier alpha value is -1.55. The van der Waals surface area contributed by atoms with Crippen LogP contribution in [-0.4, -0.2) is 25.5 Å². The Kier molecular flexibility index (Phi) is 2.87. The van der Waals surface area contributed by atoms with Gasteiger partial charge in [-0.25, -0.2) is 4.79 Å². The van der Waals surface area contributed by atoms with Crippen LogP contribution in [-0.2, 0) is 14.3 Å². The van der Waals surface area contributed by atoms with Crippen molar-refractivity contribution in [2.75, 3.05) is 13.2 Å². The predicted octanol–water partition coefficient (Wildman–Crippen LogP) is 1.27. The first-order chi connectivity index (χ1) is 7.25. The van der Waals surface area contributed by atoms with Crippen LogP contribution in [0.5, 0.6) is 5.75 Å². The van der Waals surface area contributed by atoms with Gasteiger partial charge in [-0.15, -0.1) is 0 Å². The quantitative estimate of drug-likeness (QED) is 0.702. The maximum Gasteiger partial charge on any atom is 0.334 e. The smallest absolute Gasteiger partial charge is 0.334 e. The first-order valence-electron chi connectivity index (χ1n) is 4.75. The minimum Gasteiger partial charge on any atom is -0.487 e. The molecule has 2 rings (SSSR count). The largest absolute Gasteiger partial charge is 0.487 e. The van der Waals surface area contributed by atoms with Crippen LogP contribution < -0.4 is 4.74 Å². The van der Waals surface area contributed by atoms with Crippen LogP contribution >= 0.6 is 0 Å². The van der Waals surface area contributed by atoms with Gasteiger partial charge in [0.05, 0.1) is 0 Å². The standard InChI is InChI=1S/C11H12O4/c1-8-4-2-3-5-9(8)13-7-11-14-6-10(12)15-11/h2-5,11H,6-7H2,1H3. The van der Waals surface area contributed by atoms with Crippen LogP contribution in [0.1, 0.15) is 5.56 Å². The number of hydrogen-bond acceptors (Lipinski definition) is 4. The fourth-order valence-corrected chi connectivity index (χ4v) is 1.33. The molecule has 4 nitrogen and oxygen atoms in total. The third-order valence-electron chi connectivity index (χ3n) is 2.12. The molecule has 4 heteroatoms. The Morgan fingerprint density at radius 3 is 2.93 bits per heavy atom. The van der Waals surface area contributed by atoms with Gasteiger partial charge in [0, 0.05) is 0 Å². The van der Waals surface area contributed by atoms with Crippen LogP contribution in [0.4, 0.5) is 0 Å². The van der Waals surface area contributed by atoms with Gasteiger partial charge in [0.25, 0.3) is 0 Å². The Bertz CT molecular complexity index is 361. The van der Waals surface area contributed by atoms with Crippen molar-refractivity contribution in [2.45, 2.75) is 13.2 Å². The number of aryl methyl sites for hydroxylation is 1. The first kappa shape index (κ1) is 9.98. The normalized spacial score (nSPS) is 20.1. The molecule has 0 aliphatic carbocycles. The third-order valence-corrected chi connectivity index (χ3v) is 2.12. The molecule has 0 radical (unpaired) electrons. The number of benzene rings is 1. The summed E-state index contributed by atoms with van der Waals surface area (Å²) in [5.74, 6) is 0.442. The summed E-state index contributed by atoms with van der Waals surface area (Å²) in [7, 11) is 0. The molecule has 0 bridgehead atoms. The van der Waals surface area contributed by atoms with E-state index in [0.29, 0.717) is 0 Å². The summed E-state index contributed by atoms with van der Waals surface area (Å²) >= 11 is 0. The summed E-state index contributed by atoms with van der Waals surface area (Å²) in [6.45, 7) is 2.20. The molecule has 1 fully saturated rings. The lowest BCUT2D eigenvalue weighted by atomic mass is 10.2. The maximum atomic E-state index is 10.7. The van der Waals surface area contributed by atoms with Crippen molar-refractivity contribution in [3.63, 3.8) is 0 Å². The fraction of sp³-hybridized carbons (Fsp3) is 0.364. The molecule has 0 amide bonds. The lowest BCUT2D eigenvalue weighted by Gasteiger charge is -2.11. The Balaban J connectivity index is 1.88. The Morgan fingerprint density at radius 1 is 1.47 bits per heavy atom. The van der Waals surface area contributed by atoms with Crippen molar-refractivity contribution >= 4 is 5.97 Å². The molecule has 15 heavy (non-hydrogen) atoms. The average molecular weight is 208 g/mol. The highest BCUT2D eigenvalue weighted by Crippen LogP contribution is 2.17. The van der Waals surface area contributed by atoms with Crippen molar-refractivity contribution in [1.29, 1.82) is 0 Å². The van der Waals surface area contributed by atoms with E-state index in [2.05, 4.69) is 0 Å². The van der Waals surface area contributed by atoms with E-state index in [1.807, 2.05) is 31.2 Å². The zero-order valence-corrected chi connectivity index (χ0v) is 8.43. The van der Waals surface area contributed by atoms with E-state index in [1.165, 1.54) is 0 Å². The fourth-order valence-electron chi connectivity index (χ4n) is 1.33. The van der Waals surface area contributed by atoms with E-state index in [1.54, 1.807) is 0 Å². The molecule has 1 unspecified atom stereocenters. The van der Waals surface area contributed by atoms with E-state index >= 15 is 0 Å². The topological polar surface area (TPSA) is 44.8 Å². The molecule has 1 heterocycles.